The molecule has 1 saturated carbocycles. The summed E-state index contributed by atoms with van der Waals surface area (Å²) in [6.45, 7) is 0.462. The summed E-state index contributed by atoms with van der Waals surface area (Å²) in [5.74, 6) is -0.690. The lowest BCUT2D eigenvalue weighted by Crippen LogP contribution is -2.48. The number of carbonyl (C=O) groups is 1. The molecule has 6 nitrogen and oxygen atoms in total. The van der Waals surface area contributed by atoms with Crippen LogP contribution in [0, 0.1) is 5.82 Å². The molecule has 0 aliphatic heterocycles. The molecule has 0 spiro atoms. The number of hydrogen-bond donors (Lipinski definition) is 2. The van der Waals surface area contributed by atoms with Gasteiger partial charge in [0.15, 0.2) is 0 Å². The van der Waals surface area contributed by atoms with Crippen molar-refractivity contribution in [3.8, 4) is 11.3 Å². The van der Waals surface area contributed by atoms with Gasteiger partial charge < -0.3 is 11.1 Å². The fourth-order valence-corrected chi connectivity index (χ4v) is 3.61. The highest BCUT2D eigenvalue weighted by Gasteiger charge is 2.46. The lowest BCUT2D eigenvalue weighted by molar-refractivity contribution is 0.0993. The van der Waals surface area contributed by atoms with E-state index in [1.54, 1.807) is 18.3 Å². The van der Waals surface area contributed by atoms with Crippen molar-refractivity contribution in [1.82, 2.24) is 15.2 Å². The average molecular weight is 395 g/mol. The zero-order valence-corrected chi connectivity index (χ0v) is 15.5. The van der Waals surface area contributed by atoms with E-state index in [0.29, 0.717) is 25.2 Å². The summed E-state index contributed by atoms with van der Waals surface area (Å²) in [6, 6.07) is 12.7. The zero-order valence-electron chi connectivity index (χ0n) is 15.5. The van der Waals surface area contributed by atoms with Crippen LogP contribution in [0.1, 0.15) is 28.9 Å². The van der Waals surface area contributed by atoms with Gasteiger partial charge in [0.25, 0.3) is 0 Å². The summed E-state index contributed by atoms with van der Waals surface area (Å²) in [6.07, 6.45) is 1.65. The van der Waals surface area contributed by atoms with E-state index in [9.17, 15) is 13.6 Å². The monoisotopic (exact) mass is 395 g/mol. The Bertz CT molecular complexity index is 1020. The van der Waals surface area contributed by atoms with Gasteiger partial charge in [-0.25, -0.2) is 8.78 Å². The van der Waals surface area contributed by atoms with Gasteiger partial charge in [0.1, 0.15) is 17.8 Å². The molecule has 29 heavy (non-hydrogen) atoms. The Kier molecular flexibility index (Phi) is 4.92. The Morgan fingerprint density at radius 3 is 2.62 bits per heavy atom. The summed E-state index contributed by atoms with van der Waals surface area (Å²) in [7, 11) is 0. The van der Waals surface area contributed by atoms with Crippen LogP contribution < -0.4 is 11.1 Å². The van der Waals surface area contributed by atoms with Gasteiger partial charge in [-0.1, -0.05) is 6.07 Å². The van der Waals surface area contributed by atoms with Crippen LogP contribution in [0.4, 0.5) is 14.6 Å². The maximum absolute atomic E-state index is 14.1. The number of hydrogen-bond acceptors (Lipinski definition) is 5. The normalized spacial score (nSPS) is 20.7. The summed E-state index contributed by atoms with van der Waals surface area (Å²) in [4.78, 5) is 15.7. The number of amides is 1. The number of alkyl halides is 1. The number of primary amides is 1. The molecule has 4 rings (SSSR count). The number of aromatic nitrogens is 3. The van der Waals surface area contributed by atoms with E-state index in [-0.39, 0.29) is 22.2 Å². The summed E-state index contributed by atoms with van der Waals surface area (Å²) in [5, 5.41) is 11.3. The molecule has 1 aliphatic rings. The molecule has 3 aromatic rings. The maximum Gasteiger partial charge on any atom is 0.248 e. The molecule has 0 radical (unpaired) electrons. The fraction of sp³-hybridized carbons (Fsp3) is 0.238. The molecule has 8 heteroatoms. The highest BCUT2D eigenvalue weighted by molar-refractivity contribution is 5.94. The first-order chi connectivity index (χ1) is 14.0. The van der Waals surface area contributed by atoms with Crippen molar-refractivity contribution in [3.63, 3.8) is 0 Å². The number of rotatable bonds is 6. The molecule has 1 amide bonds. The lowest BCUT2D eigenvalue weighted by atomic mass is 9.65. The number of benzene rings is 1. The first-order valence-corrected chi connectivity index (χ1v) is 9.20. The van der Waals surface area contributed by atoms with Crippen molar-refractivity contribution in [2.75, 3.05) is 11.9 Å². The quantitative estimate of drug-likeness (QED) is 0.668. The topological polar surface area (TPSA) is 93.8 Å². The van der Waals surface area contributed by atoms with Crippen LogP contribution in [0.3, 0.4) is 0 Å². The van der Waals surface area contributed by atoms with E-state index in [2.05, 4.69) is 20.5 Å². The third kappa shape index (κ3) is 3.78. The predicted octanol–water partition coefficient (Wildman–Crippen LogP) is 3.26. The molecule has 3 N–H and O–H groups in total. The van der Waals surface area contributed by atoms with Crippen LogP contribution in [-0.4, -0.2) is 33.8 Å². The van der Waals surface area contributed by atoms with Crippen molar-refractivity contribution in [3.05, 3.63) is 71.8 Å². The molecule has 0 atom stereocenters. The van der Waals surface area contributed by atoms with E-state index in [4.69, 9.17) is 5.73 Å². The van der Waals surface area contributed by atoms with E-state index >= 15 is 0 Å². The molecular formula is C21H19F2N5O. The minimum Gasteiger partial charge on any atom is -0.368 e. The van der Waals surface area contributed by atoms with E-state index in [1.807, 2.05) is 18.2 Å². The fourth-order valence-electron chi connectivity index (χ4n) is 3.61. The van der Waals surface area contributed by atoms with Gasteiger partial charge in [0, 0.05) is 35.0 Å². The Hall–Kier alpha value is -3.42. The van der Waals surface area contributed by atoms with Gasteiger partial charge in [-0.3, -0.25) is 9.78 Å². The Labute approximate surface area is 166 Å². The molecule has 0 unspecified atom stereocenters. The minimum atomic E-state index is -0.840. The first kappa shape index (κ1) is 18.9. The molecule has 0 bridgehead atoms. The van der Waals surface area contributed by atoms with Crippen molar-refractivity contribution in [1.29, 1.82) is 0 Å². The van der Waals surface area contributed by atoms with Crippen LogP contribution in [0.25, 0.3) is 11.3 Å². The third-order valence-corrected chi connectivity index (χ3v) is 5.23. The summed E-state index contributed by atoms with van der Waals surface area (Å²) in [5.41, 5.74) is 6.32. The molecule has 1 aliphatic carbocycles. The number of carbonyl (C=O) groups excluding carboxylic acids is 1. The Morgan fingerprint density at radius 1 is 1.17 bits per heavy atom. The number of anilines is 1. The van der Waals surface area contributed by atoms with Crippen LogP contribution >= 0.6 is 0 Å². The molecular weight excluding hydrogens is 376 g/mol. The highest BCUT2D eigenvalue weighted by Crippen LogP contribution is 2.44. The van der Waals surface area contributed by atoms with Gasteiger partial charge in [-0.15, -0.1) is 10.2 Å². The zero-order chi connectivity index (χ0) is 20.4. The summed E-state index contributed by atoms with van der Waals surface area (Å²) >= 11 is 0. The predicted molar refractivity (Wildman–Crippen MR) is 104 cm³/mol. The average Bonchev–Trinajstić information content (AvgIpc) is 2.71. The minimum absolute atomic E-state index is 0.143. The Morgan fingerprint density at radius 2 is 2.00 bits per heavy atom. The van der Waals surface area contributed by atoms with Crippen molar-refractivity contribution < 1.29 is 13.6 Å². The van der Waals surface area contributed by atoms with Gasteiger partial charge in [0.2, 0.25) is 5.91 Å². The number of pyridine rings is 1. The van der Waals surface area contributed by atoms with Gasteiger partial charge in [0.05, 0.1) is 5.69 Å². The smallest absolute Gasteiger partial charge is 0.248 e. The maximum atomic E-state index is 14.1. The number of nitrogens with two attached hydrogens (primary N) is 1. The van der Waals surface area contributed by atoms with E-state index in [1.165, 1.54) is 18.2 Å². The highest BCUT2D eigenvalue weighted by atomic mass is 19.1. The van der Waals surface area contributed by atoms with Crippen molar-refractivity contribution in [2.45, 2.75) is 24.4 Å². The number of nitrogens with zero attached hydrogens (tertiary/aromatic N) is 3. The standard InChI is InChI=1S/C21H19F2N5O/c22-14-10-21(11-14,18-3-1-2-8-25-18)12-26-19-7-6-17(27-28-19)15-9-13(20(24)29)4-5-16(15)23/h1-9,14H,10-12H2,(H2,24,29)(H,26,28). The number of halogens is 2. The van der Waals surface area contributed by atoms with Gasteiger partial charge >= 0.3 is 0 Å². The summed E-state index contributed by atoms with van der Waals surface area (Å²) < 4.78 is 27.8. The second-order valence-corrected chi connectivity index (χ2v) is 7.22. The van der Waals surface area contributed by atoms with Crippen LogP contribution in [0.2, 0.25) is 0 Å². The number of nitrogens with one attached hydrogen (secondary N) is 1. The SMILES string of the molecule is NC(=O)c1ccc(F)c(-c2ccc(NCC3(c4ccccn4)CC(F)C3)nn2)c1. The second kappa shape index (κ2) is 7.54. The largest absolute Gasteiger partial charge is 0.368 e. The lowest BCUT2D eigenvalue weighted by Gasteiger charge is -2.43. The molecule has 1 fully saturated rings. The van der Waals surface area contributed by atoms with Crippen LogP contribution in [0.15, 0.2) is 54.7 Å². The van der Waals surface area contributed by atoms with Gasteiger partial charge in [-0.05, 0) is 55.3 Å². The molecule has 2 heterocycles. The van der Waals surface area contributed by atoms with E-state index < -0.39 is 17.9 Å². The van der Waals surface area contributed by atoms with Crippen LogP contribution in [-0.2, 0) is 5.41 Å². The molecule has 2 aromatic heterocycles. The first-order valence-electron chi connectivity index (χ1n) is 9.20. The van der Waals surface area contributed by atoms with Crippen molar-refractivity contribution in [2.24, 2.45) is 5.73 Å². The molecule has 0 saturated heterocycles. The van der Waals surface area contributed by atoms with E-state index in [0.717, 1.165) is 5.69 Å². The second-order valence-electron chi connectivity index (χ2n) is 7.22. The molecule has 148 valence electrons. The van der Waals surface area contributed by atoms with Crippen LogP contribution in [0.5, 0.6) is 0 Å². The van der Waals surface area contributed by atoms with Gasteiger partial charge in [-0.2, -0.15) is 0 Å². The van der Waals surface area contributed by atoms with Crippen molar-refractivity contribution >= 4 is 11.7 Å². The third-order valence-electron chi connectivity index (χ3n) is 5.23. The molecule has 1 aromatic carbocycles. The Balaban J connectivity index is 1.50.